The second-order valence-electron chi connectivity index (χ2n) is 5.97. The maximum absolute atomic E-state index is 12.0. The largest absolute Gasteiger partial charge is 0.495 e. The number of rotatable bonds is 6. The summed E-state index contributed by atoms with van der Waals surface area (Å²) < 4.78 is 11.1. The Morgan fingerprint density at radius 2 is 1.88 bits per heavy atom. The van der Waals surface area contributed by atoms with Gasteiger partial charge in [-0.25, -0.2) is 0 Å². The van der Waals surface area contributed by atoms with E-state index in [-0.39, 0.29) is 12.5 Å². The van der Waals surface area contributed by atoms with Gasteiger partial charge in [-0.15, -0.1) is 0 Å². The molecule has 0 radical (unpaired) electrons. The van der Waals surface area contributed by atoms with Crippen molar-refractivity contribution >= 4 is 16.7 Å². The third-order valence-corrected chi connectivity index (χ3v) is 4.40. The molecule has 0 N–H and O–H groups in total. The van der Waals surface area contributed by atoms with Crippen LogP contribution in [0.3, 0.4) is 0 Å². The summed E-state index contributed by atoms with van der Waals surface area (Å²) in [6, 6.07) is 13.8. The number of amides is 1. The first kappa shape index (κ1) is 17.7. The third-order valence-electron chi connectivity index (χ3n) is 4.40. The smallest absolute Gasteiger partial charge is 0.260 e. The van der Waals surface area contributed by atoms with Gasteiger partial charge in [0.2, 0.25) is 0 Å². The van der Waals surface area contributed by atoms with Gasteiger partial charge in [0.25, 0.3) is 5.91 Å². The first-order chi connectivity index (χ1) is 12.6. The van der Waals surface area contributed by atoms with Gasteiger partial charge >= 0.3 is 0 Å². The minimum atomic E-state index is -0.0438. The van der Waals surface area contributed by atoms with Crippen molar-refractivity contribution in [1.29, 1.82) is 0 Å². The normalized spacial score (nSPS) is 10.6. The summed E-state index contributed by atoms with van der Waals surface area (Å²) in [4.78, 5) is 17.9. The fraction of sp³-hybridized carbons (Fsp3) is 0.238. The van der Waals surface area contributed by atoms with Gasteiger partial charge < -0.3 is 14.4 Å². The third kappa shape index (κ3) is 3.61. The number of aromatic nitrogens is 1. The van der Waals surface area contributed by atoms with E-state index in [0.717, 1.165) is 21.9 Å². The number of ether oxygens (including phenoxy) is 2. The summed E-state index contributed by atoms with van der Waals surface area (Å²) in [5, 5.41) is 2.00. The van der Waals surface area contributed by atoms with Crippen molar-refractivity contribution in [2.24, 2.45) is 0 Å². The van der Waals surface area contributed by atoms with Crippen LogP contribution in [0.25, 0.3) is 21.9 Å². The molecular formula is C21H22N2O3. The lowest BCUT2D eigenvalue weighted by atomic mass is 9.99. The molecule has 5 heteroatoms. The molecule has 1 aromatic heterocycles. The molecule has 0 aliphatic rings. The fourth-order valence-corrected chi connectivity index (χ4v) is 2.75. The molecular weight excluding hydrogens is 328 g/mol. The second-order valence-corrected chi connectivity index (χ2v) is 5.97. The zero-order chi connectivity index (χ0) is 18.5. The quantitative estimate of drug-likeness (QED) is 0.679. The Bertz CT molecular complexity index is 924. The molecule has 3 aromatic rings. The number of carbonyl (C=O) groups is 1. The van der Waals surface area contributed by atoms with Crippen LogP contribution < -0.4 is 9.47 Å². The molecule has 3 rings (SSSR count). The molecule has 0 aliphatic heterocycles. The van der Waals surface area contributed by atoms with Crippen LogP contribution in [0.2, 0.25) is 0 Å². The van der Waals surface area contributed by atoms with E-state index in [1.54, 1.807) is 25.3 Å². The van der Waals surface area contributed by atoms with Crippen molar-refractivity contribution in [2.75, 3.05) is 27.3 Å². The Hall–Kier alpha value is -3.08. The molecule has 5 nitrogen and oxygen atoms in total. The van der Waals surface area contributed by atoms with E-state index in [1.807, 2.05) is 55.6 Å². The van der Waals surface area contributed by atoms with Crippen molar-refractivity contribution in [3.8, 4) is 22.6 Å². The van der Waals surface area contributed by atoms with Crippen molar-refractivity contribution in [3.05, 3.63) is 54.9 Å². The Morgan fingerprint density at radius 3 is 2.62 bits per heavy atom. The highest BCUT2D eigenvalue weighted by atomic mass is 16.5. The maximum Gasteiger partial charge on any atom is 0.260 e. The molecule has 0 atom stereocenters. The fourth-order valence-electron chi connectivity index (χ4n) is 2.75. The monoisotopic (exact) mass is 350 g/mol. The molecule has 0 spiro atoms. The number of carbonyl (C=O) groups excluding carboxylic acids is 1. The van der Waals surface area contributed by atoms with E-state index in [2.05, 4.69) is 4.98 Å². The Morgan fingerprint density at radius 1 is 1.12 bits per heavy atom. The first-order valence-corrected chi connectivity index (χ1v) is 8.52. The minimum absolute atomic E-state index is 0.0222. The standard InChI is InChI=1S/C21H22N2O3/c1-4-23(2)21(24)14-26-20-10-9-17(18-7-5-6-8-19(18)20)15-11-16(25-3)13-22-12-15/h5-13H,4,14H2,1-3H3. The average molecular weight is 350 g/mol. The van der Waals surface area contributed by atoms with E-state index in [4.69, 9.17) is 9.47 Å². The molecule has 2 aromatic carbocycles. The van der Waals surface area contributed by atoms with Crippen LogP contribution in [0.4, 0.5) is 0 Å². The summed E-state index contributed by atoms with van der Waals surface area (Å²) in [5.41, 5.74) is 2.00. The van der Waals surface area contributed by atoms with Gasteiger partial charge in [0.1, 0.15) is 11.5 Å². The highest BCUT2D eigenvalue weighted by Crippen LogP contribution is 2.35. The van der Waals surface area contributed by atoms with Gasteiger partial charge in [-0.3, -0.25) is 9.78 Å². The topological polar surface area (TPSA) is 51.7 Å². The van der Waals surface area contributed by atoms with Crippen LogP contribution in [0.5, 0.6) is 11.5 Å². The number of fused-ring (bicyclic) bond motifs is 1. The van der Waals surface area contributed by atoms with Gasteiger partial charge in [0.05, 0.1) is 13.3 Å². The predicted octanol–water partition coefficient (Wildman–Crippen LogP) is 3.77. The van der Waals surface area contributed by atoms with Gasteiger partial charge in [-0.05, 0) is 36.1 Å². The number of methoxy groups -OCH3 is 1. The highest BCUT2D eigenvalue weighted by Gasteiger charge is 2.12. The lowest BCUT2D eigenvalue weighted by Crippen LogP contribution is -2.31. The number of benzene rings is 2. The summed E-state index contributed by atoms with van der Waals surface area (Å²) in [7, 11) is 3.39. The molecule has 0 saturated heterocycles. The Balaban J connectivity index is 1.98. The summed E-state index contributed by atoms with van der Waals surface area (Å²) in [6.07, 6.45) is 3.49. The van der Waals surface area contributed by atoms with E-state index in [0.29, 0.717) is 18.0 Å². The summed E-state index contributed by atoms with van der Waals surface area (Å²) in [6.45, 7) is 2.61. The summed E-state index contributed by atoms with van der Waals surface area (Å²) >= 11 is 0. The molecule has 134 valence electrons. The molecule has 0 fully saturated rings. The average Bonchev–Trinajstić information content (AvgIpc) is 2.71. The number of hydrogen-bond acceptors (Lipinski definition) is 4. The van der Waals surface area contributed by atoms with E-state index in [9.17, 15) is 4.79 Å². The van der Waals surface area contributed by atoms with Crippen LogP contribution >= 0.6 is 0 Å². The maximum atomic E-state index is 12.0. The minimum Gasteiger partial charge on any atom is -0.495 e. The van der Waals surface area contributed by atoms with Crippen LogP contribution in [0.1, 0.15) is 6.92 Å². The Kier molecular flexibility index (Phi) is 5.37. The van der Waals surface area contributed by atoms with Crippen molar-refractivity contribution in [2.45, 2.75) is 6.92 Å². The van der Waals surface area contributed by atoms with Crippen molar-refractivity contribution in [1.82, 2.24) is 9.88 Å². The van der Waals surface area contributed by atoms with Gasteiger partial charge in [-0.1, -0.05) is 24.3 Å². The van der Waals surface area contributed by atoms with Gasteiger partial charge in [0, 0.05) is 30.7 Å². The summed E-state index contributed by atoms with van der Waals surface area (Å²) in [5.74, 6) is 1.36. The molecule has 1 heterocycles. The lowest BCUT2D eigenvalue weighted by molar-refractivity contribution is -0.131. The van der Waals surface area contributed by atoms with E-state index in [1.165, 1.54) is 0 Å². The van der Waals surface area contributed by atoms with Crippen LogP contribution in [0.15, 0.2) is 54.9 Å². The number of nitrogens with zero attached hydrogens (tertiary/aromatic N) is 2. The molecule has 0 unspecified atom stereocenters. The van der Waals surface area contributed by atoms with Crippen LogP contribution in [-0.2, 0) is 4.79 Å². The molecule has 0 saturated carbocycles. The molecule has 1 amide bonds. The zero-order valence-corrected chi connectivity index (χ0v) is 15.2. The number of hydrogen-bond donors (Lipinski definition) is 0. The van der Waals surface area contributed by atoms with Crippen LogP contribution in [0, 0.1) is 0 Å². The SMILES string of the molecule is CCN(C)C(=O)COc1ccc(-c2cncc(OC)c2)c2ccccc12. The lowest BCUT2D eigenvalue weighted by Gasteiger charge is -2.16. The van der Waals surface area contributed by atoms with E-state index < -0.39 is 0 Å². The van der Waals surface area contributed by atoms with Crippen LogP contribution in [-0.4, -0.2) is 43.1 Å². The molecule has 0 aliphatic carbocycles. The predicted molar refractivity (Wildman–Crippen MR) is 103 cm³/mol. The van der Waals surface area contributed by atoms with Gasteiger partial charge in [0.15, 0.2) is 6.61 Å². The highest BCUT2D eigenvalue weighted by molar-refractivity contribution is 6.00. The Labute approximate surface area is 153 Å². The second kappa shape index (κ2) is 7.87. The first-order valence-electron chi connectivity index (χ1n) is 8.52. The van der Waals surface area contributed by atoms with Crippen molar-refractivity contribution in [3.63, 3.8) is 0 Å². The molecule has 26 heavy (non-hydrogen) atoms. The van der Waals surface area contributed by atoms with Gasteiger partial charge in [-0.2, -0.15) is 0 Å². The number of pyridine rings is 1. The number of likely N-dealkylation sites (N-methyl/N-ethyl adjacent to an activating group) is 1. The molecule has 0 bridgehead atoms. The zero-order valence-electron chi connectivity index (χ0n) is 15.2. The van der Waals surface area contributed by atoms with E-state index >= 15 is 0 Å². The van der Waals surface area contributed by atoms with Crippen molar-refractivity contribution < 1.29 is 14.3 Å².